The van der Waals surface area contributed by atoms with Gasteiger partial charge >= 0.3 is 19.8 Å². The van der Waals surface area contributed by atoms with Crippen molar-refractivity contribution in [3.8, 4) is 0 Å². The van der Waals surface area contributed by atoms with Crippen LogP contribution < -0.4 is 5.73 Å². The minimum Gasteiger partial charge on any atom is -0.462 e. The molecule has 0 aliphatic carbocycles. The summed E-state index contributed by atoms with van der Waals surface area (Å²) < 4.78 is 33.3. The van der Waals surface area contributed by atoms with Crippen molar-refractivity contribution in [1.82, 2.24) is 0 Å². The molecule has 0 aromatic heterocycles. The molecule has 0 aromatic carbocycles. The highest BCUT2D eigenvalue weighted by Crippen LogP contribution is 2.43. The lowest BCUT2D eigenvalue weighted by atomic mass is 10.0. The summed E-state index contributed by atoms with van der Waals surface area (Å²) in [5.74, 6) is -0.805. The number of unbranched alkanes of at least 4 members (excludes halogenated alkanes) is 54. The van der Waals surface area contributed by atoms with Gasteiger partial charge in [0.15, 0.2) is 6.10 Å². The van der Waals surface area contributed by atoms with Crippen molar-refractivity contribution in [2.45, 2.75) is 431 Å². The number of carbonyl (C=O) groups excluding carboxylic acids is 2. The van der Waals surface area contributed by atoms with Crippen LogP contribution in [0.15, 0.2) is 72.9 Å². The molecule has 95 heavy (non-hydrogen) atoms. The van der Waals surface area contributed by atoms with Gasteiger partial charge in [-0.15, -0.1) is 0 Å². The van der Waals surface area contributed by atoms with E-state index in [9.17, 15) is 19.0 Å². The summed E-state index contributed by atoms with van der Waals surface area (Å²) in [6, 6.07) is 0. The molecule has 0 amide bonds. The standard InChI is InChI=1S/C85H158NO8P/c1-3-5-7-9-11-13-15-17-19-21-23-25-27-29-31-33-35-37-38-39-40-41-42-43-44-46-48-50-52-54-56-58-60-62-64-66-68-70-72-74-76-78-85(88)94-83(82-93-95(89,90)92-80-79-86)81-91-84(87)77-75-73-71-69-67-65-63-61-59-57-55-53-51-49-47-45-36-34-32-30-28-26-24-22-20-18-16-14-12-10-8-6-4-2/h15-18,21-24,27-30,83H,3-14,19-20,25-26,31-82,86H2,1-2H3,(H,89,90)/b17-15-,18-16-,23-21-,24-22-,29-27-,30-28-. The van der Waals surface area contributed by atoms with Crippen LogP contribution in [0, 0.1) is 0 Å². The van der Waals surface area contributed by atoms with E-state index in [4.69, 9.17) is 24.3 Å². The Labute approximate surface area is 590 Å². The SMILES string of the molecule is CCCCCCC/C=C\C/C=C\C/C=C\CCCCCCCCCCCCCCCCCCCCCCCCCCCCC(=O)OC(COC(=O)CCCCCCCCCCCCCCCCCCCC/C=C\C/C=C\C/C=C\CCCCCCC)COP(=O)(O)OCCN. The zero-order chi connectivity index (χ0) is 68.6. The van der Waals surface area contributed by atoms with Gasteiger partial charge in [0.25, 0.3) is 0 Å². The summed E-state index contributed by atoms with van der Waals surface area (Å²) in [6.45, 7) is 3.79. The number of hydrogen-bond donors (Lipinski definition) is 2. The molecule has 0 heterocycles. The summed E-state index contributed by atoms with van der Waals surface area (Å²) in [6.07, 6.45) is 108. The van der Waals surface area contributed by atoms with Crippen molar-refractivity contribution >= 4 is 19.8 Å². The van der Waals surface area contributed by atoms with Crippen LogP contribution in [-0.4, -0.2) is 49.3 Å². The molecule has 3 N–H and O–H groups in total. The average Bonchev–Trinajstić information content (AvgIpc) is 2.75. The fraction of sp³-hybridized carbons (Fsp3) is 0.835. The van der Waals surface area contributed by atoms with Crippen LogP contribution in [-0.2, 0) is 32.7 Å². The fourth-order valence-electron chi connectivity index (χ4n) is 12.4. The number of phosphoric ester groups is 1. The molecule has 9 nitrogen and oxygen atoms in total. The largest absolute Gasteiger partial charge is 0.472 e. The zero-order valence-electron chi connectivity index (χ0n) is 62.9. The van der Waals surface area contributed by atoms with Crippen molar-refractivity contribution in [3.05, 3.63) is 72.9 Å². The third-order valence-corrected chi connectivity index (χ3v) is 19.5. The lowest BCUT2D eigenvalue weighted by Gasteiger charge is -2.19. The first kappa shape index (κ1) is 92.4. The van der Waals surface area contributed by atoms with Crippen LogP contribution in [0.25, 0.3) is 0 Å². The van der Waals surface area contributed by atoms with Gasteiger partial charge in [-0.3, -0.25) is 18.6 Å². The van der Waals surface area contributed by atoms with Gasteiger partial charge in [0.05, 0.1) is 13.2 Å². The normalized spacial score (nSPS) is 13.2. The van der Waals surface area contributed by atoms with E-state index in [2.05, 4.69) is 86.8 Å². The average molecular weight is 1350 g/mol. The van der Waals surface area contributed by atoms with Gasteiger partial charge in [-0.25, -0.2) is 4.57 Å². The molecule has 0 aliphatic rings. The Hall–Kier alpha value is -2.55. The highest BCUT2D eigenvalue weighted by molar-refractivity contribution is 7.47. The van der Waals surface area contributed by atoms with Gasteiger partial charge in [0, 0.05) is 19.4 Å². The molecule has 0 aliphatic heterocycles. The Morgan fingerprint density at radius 2 is 0.547 bits per heavy atom. The predicted molar refractivity (Wildman–Crippen MR) is 413 cm³/mol. The molecular formula is C85H158NO8P. The van der Waals surface area contributed by atoms with E-state index in [0.29, 0.717) is 6.42 Å². The monoisotopic (exact) mass is 1350 g/mol. The molecule has 2 atom stereocenters. The van der Waals surface area contributed by atoms with E-state index in [1.165, 1.54) is 334 Å². The molecule has 2 unspecified atom stereocenters. The molecule has 10 heteroatoms. The van der Waals surface area contributed by atoms with Crippen molar-refractivity contribution in [1.29, 1.82) is 0 Å². The summed E-state index contributed by atoms with van der Waals surface area (Å²) in [4.78, 5) is 35.5. The van der Waals surface area contributed by atoms with Crippen LogP contribution >= 0.6 is 7.82 Å². The minimum absolute atomic E-state index is 0.0547. The number of allylic oxidation sites excluding steroid dienone is 12. The third kappa shape index (κ3) is 80.3. The van der Waals surface area contributed by atoms with Crippen molar-refractivity contribution in [2.24, 2.45) is 5.73 Å². The van der Waals surface area contributed by atoms with Gasteiger partial charge in [-0.2, -0.15) is 0 Å². The van der Waals surface area contributed by atoms with E-state index < -0.39 is 26.5 Å². The Morgan fingerprint density at radius 3 is 0.811 bits per heavy atom. The van der Waals surface area contributed by atoms with E-state index in [-0.39, 0.29) is 38.6 Å². The predicted octanol–water partition coefficient (Wildman–Crippen LogP) is 27.9. The molecule has 0 saturated carbocycles. The van der Waals surface area contributed by atoms with Crippen molar-refractivity contribution < 1.29 is 37.6 Å². The molecule has 0 bridgehead atoms. The van der Waals surface area contributed by atoms with Gasteiger partial charge in [0.1, 0.15) is 6.61 Å². The number of rotatable bonds is 79. The second-order valence-corrected chi connectivity index (χ2v) is 29.4. The number of carbonyl (C=O) groups is 2. The smallest absolute Gasteiger partial charge is 0.462 e. The van der Waals surface area contributed by atoms with Crippen LogP contribution in [0.3, 0.4) is 0 Å². The lowest BCUT2D eigenvalue weighted by Crippen LogP contribution is -2.29. The number of esters is 2. The highest BCUT2D eigenvalue weighted by atomic mass is 31.2. The maximum Gasteiger partial charge on any atom is 0.472 e. The van der Waals surface area contributed by atoms with Gasteiger partial charge in [0.2, 0.25) is 0 Å². The quantitative estimate of drug-likeness (QED) is 0.0264. The van der Waals surface area contributed by atoms with E-state index >= 15 is 0 Å². The molecule has 0 rings (SSSR count). The number of nitrogens with two attached hydrogens (primary N) is 1. The minimum atomic E-state index is -4.40. The first-order valence-corrected chi connectivity index (χ1v) is 42.9. The fourth-order valence-corrected chi connectivity index (χ4v) is 13.2. The molecule has 0 aromatic rings. The van der Waals surface area contributed by atoms with Gasteiger partial charge < -0.3 is 20.1 Å². The number of phosphoric acid groups is 1. The van der Waals surface area contributed by atoms with Crippen LogP contribution in [0.1, 0.15) is 425 Å². The number of hydrogen-bond acceptors (Lipinski definition) is 8. The molecule has 556 valence electrons. The molecular weight excluding hydrogens is 1190 g/mol. The summed E-state index contributed by atoms with van der Waals surface area (Å²) in [7, 11) is -4.40. The van der Waals surface area contributed by atoms with Gasteiger partial charge in [-0.1, -0.05) is 395 Å². The highest BCUT2D eigenvalue weighted by Gasteiger charge is 2.26. The van der Waals surface area contributed by atoms with E-state index in [1.54, 1.807) is 0 Å². The van der Waals surface area contributed by atoms with E-state index in [0.717, 1.165) is 57.8 Å². The summed E-state index contributed by atoms with van der Waals surface area (Å²) >= 11 is 0. The maximum absolute atomic E-state index is 12.8. The van der Waals surface area contributed by atoms with Crippen LogP contribution in [0.2, 0.25) is 0 Å². The summed E-state index contributed by atoms with van der Waals surface area (Å²) in [5.41, 5.74) is 5.42. The lowest BCUT2D eigenvalue weighted by molar-refractivity contribution is -0.161. The molecule has 0 radical (unpaired) electrons. The first-order chi connectivity index (χ1) is 46.8. The van der Waals surface area contributed by atoms with Crippen molar-refractivity contribution in [2.75, 3.05) is 26.4 Å². The Bertz CT molecular complexity index is 1790. The molecule has 0 spiro atoms. The third-order valence-electron chi connectivity index (χ3n) is 18.6. The summed E-state index contributed by atoms with van der Waals surface area (Å²) in [5, 5.41) is 0. The maximum atomic E-state index is 12.8. The van der Waals surface area contributed by atoms with E-state index in [1.807, 2.05) is 0 Å². The Kier molecular flexibility index (Phi) is 78.3. The van der Waals surface area contributed by atoms with Crippen molar-refractivity contribution in [3.63, 3.8) is 0 Å². The van der Waals surface area contributed by atoms with Crippen LogP contribution in [0.4, 0.5) is 0 Å². The second-order valence-electron chi connectivity index (χ2n) is 28.0. The topological polar surface area (TPSA) is 134 Å². The van der Waals surface area contributed by atoms with Crippen LogP contribution in [0.5, 0.6) is 0 Å². The number of ether oxygens (including phenoxy) is 2. The first-order valence-electron chi connectivity index (χ1n) is 41.4. The molecule has 0 saturated heterocycles. The zero-order valence-corrected chi connectivity index (χ0v) is 63.8. The Balaban J connectivity index is 3.75. The Morgan fingerprint density at radius 1 is 0.316 bits per heavy atom. The molecule has 0 fully saturated rings. The second kappa shape index (κ2) is 80.4. The van der Waals surface area contributed by atoms with Gasteiger partial charge in [-0.05, 0) is 89.9 Å².